The Morgan fingerprint density at radius 3 is 2.55 bits per heavy atom. The van der Waals surface area contributed by atoms with Gasteiger partial charge < -0.3 is 4.74 Å². The Labute approximate surface area is 208 Å². The maximum absolute atomic E-state index is 12.1. The van der Waals surface area contributed by atoms with Crippen molar-refractivity contribution < 1.29 is 9.53 Å². The lowest BCUT2D eigenvalue weighted by Crippen LogP contribution is -2.18. The first-order chi connectivity index (χ1) is 13.9. The number of hydrogen-bond acceptors (Lipinski definition) is 4. The van der Waals surface area contributed by atoms with Crippen LogP contribution in [0.2, 0.25) is 5.15 Å². The molecule has 1 aromatic heterocycles. The highest BCUT2D eigenvalue weighted by Crippen LogP contribution is 2.29. The Balaban J connectivity index is 1.65. The van der Waals surface area contributed by atoms with E-state index in [1.807, 2.05) is 36.4 Å². The SMILES string of the molecule is O=C(NN=Cc1cc(I)c(OCc2ccc(Br)cc2)c(I)c1)c1cccnc1Cl. The number of hydrazone groups is 1. The van der Waals surface area contributed by atoms with Crippen molar-refractivity contribution in [3.8, 4) is 5.75 Å². The minimum Gasteiger partial charge on any atom is -0.487 e. The number of ether oxygens (including phenoxy) is 1. The topological polar surface area (TPSA) is 63.6 Å². The largest absolute Gasteiger partial charge is 0.487 e. The molecule has 9 heteroatoms. The lowest BCUT2D eigenvalue weighted by Gasteiger charge is -2.11. The Morgan fingerprint density at radius 1 is 1.21 bits per heavy atom. The van der Waals surface area contributed by atoms with Crippen molar-refractivity contribution in [1.29, 1.82) is 0 Å². The van der Waals surface area contributed by atoms with E-state index in [0.717, 1.165) is 28.5 Å². The Bertz CT molecular complexity index is 1040. The Hall–Kier alpha value is -1.24. The molecule has 0 radical (unpaired) electrons. The van der Waals surface area contributed by atoms with Gasteiger partial charge in [-0.1, -0.05) is 39.7 Å². The van der Waals surface area contributed by atoms with Crippen LogP contribution in [-0.4, -0.2) is 17.1 Å². The third kappa shape index (κ3) is 6.37. The number of hydrogen-bond donors (Lipinski definition) is 1. The zero-order valence-electron chi connectivity index (χ0n) is 14.7. The fraction of sp³-hybridized carbons (Fsp3) is 0.0500. The van der Waals surface area contributed by atoms with Crippen LogP contribution in [0.15, 0.2) is 64.3 Å². The fourth-order valence-corrected chi connectivity index (χ4v) is 4.91. The molecular formula is C20H13BrClI2N3O2. The van der Waals surface area contributed by atoms with Crippen molar-refractivity contribution in [2.45, 2.75) is 6.61 Å². The van der Waals surface area contributed by atoms with Crippen molar-refractivity contribution >= 4 is 84.8 Å². The summed E-state index contributed by atoms with van der Waals surface area (Å²) in [5, 5.41) is 4.15. The quantitative estimate of drug-likeness (QED) is 0.148. The summed E-state index contributed by atoms with van der Waals surface area (Å²) in [6, 6.07) is 15.1. The standard InChI is InChI=1S/C20H13BrClI2N3O2/c21-14-5-3-12(4-6-14)11-29-18-16(23)8-13(9-17(18)24)10-26-27-20(28)15-2-1-7-25-19(15)22/h1-10H,11H2,(H,27,28). The molecule has 0 aliphatic rings. The summed E-state index contributed by atoms with van der Waals surface area (Å²) in [7, 11) is 0. The third-order valence-electron chi connectivity index (χ3n) is 3.70. The number of benzene rings is 2. The van der Waals surface area contributed by atoms with E-state index in [-0.39, 0.29) is 10.7 Å². The van der Waals surface area contributed by atoms with Gasteiger partial charge in [-0.3, -0.25) is 4.79 Å². The average molecular weight is 697 g/mol. The molecule has 1 N–H and O–H groups in total. The van der Waals surface area contributed by atoms with Crippen LogP contribution in [0, 0.1) is 7.14 Å². The predicted octanol–water partition coefficient (Wildman–Crippen LogP) is 6.05. The van der Waals surface area contributed by atoms with E-state index in [0.29, 0.717) is 6.61 Å². The second-order valence-corrected chi connectivity index (χ2v) is 9.37. The third-order valence-corrected chi connectivity index (χ3v) is 6.13. The van der Waals surface area contributed by atoms with E-state index in [1.54, 1.807) is 18.3 Å². The summed E-state index contributed by atoms with van der Waals surface area (Å²) in [5.74, 6) is 0.399. The highest BCUT2D eigenvalue weighted by atomic mass is 127. The van der Waals surface area contributed by atoms with Crippen molar-refractivity contribution in [2.75, 3.05) is 0 Å². The molecule has 0 atom stereocenters. The molecule has 0 saturated heterocycles. The molecule has 29 heavy (non-hydrogen) atoms. The first-order valence-corrected chi connectivity index (χ1v) is 11.6. The van der Waals surface area contributed by atoms with Crippen LogP contribution in [0.5, 0.6) is 5.75 Å². The van der Waals surface area contributed by atoms with Crippen molar-refractivity contribution in [3.05, 3.63) is 88.2 Å². The molecule has 0 spiro atoms. The van der Waals surface area contributed by atoms with Crippen LogP contribution >= 0.6 is 72.7 Å². The zero-order valence-corrected chi connectivity index (χ0v) is 21.4. The zero-order chi connectivity index (χ0) is 20.8. The number of halogens is 4. The van der Waals surface area contributed by atoms with Crippen molar-refractivity contribution in [2.24, 2.45) is 5.10 Å². The molecule has 0 bridgehead atoms. The number of carbonyl (C=O) groups excluding carboxylic acids is 1. The van der Waals surface area contributed by atoms with Gasteiger partial charge in [-0.05, 0) is 92.7 Å². The number of rotatable bonds is 6. The lowest BCUT2D eigenvalue weighted by atomic mass is 10.2. The van der Waals surface area contributed by atoms with Gasteiger partial charge in [-0.25, -0.2) is 10.4 Å². The molecule has 148 valence electrons. The molecule has 3 aromatic rings. The molecule has 0 fully saturated rings. The molecule has 0 unspecified atom stereocenters. The maximum Gasteiger partial charge on any atom is 0.274 e. The first kappa shape index (κ1) is 22.4. The Morgan fingerprint density at radius 2 is 1.90 bits per heavy atom. The second-order valence-electron chi connectivity index (χ2n) is 5.77. The molecule has 0 aliphatic carbocycles. The molecule has 2 aromatic carbocycles. The van der Waals surface area contributed by atoms with Gasteiger partial charge in [0.25, 0.3) is 5.91 Å². The molecule has 0 saturated carbocycles. The van der Waals surface area contributed by atoms with E-state index < -0.39 is 5.91 Å². The summed E-state index contributed by atoms with van der Waals surface area (Å²) in [6.45, 7) is 0.481. The van der Waals surface area contributed by atoms with Gasteiger partial charge in [0.15, 0.2) is 0 Å². The van der Waals surface area contributed by atoms with Crippen LogP contribution in [-0.2, 0) is 6.61 Å². The number of amides is 1. The van der Waals surface area contributed by atoms with E-state index in [1.165, 1.54) is 6.20 Å². The lowest BCUT2D eigenvalue weighted by molar-refractivity contribution is 0.0955. The average Bonchev–Trinajstić information content (AvgIpc) is 2.69. The predicted molar refractivity (Wildman–Crippen MR) is 135 cm³/mol. The van der Waals surface area contributed by atoms with E-state index in [4.69, 9.17) is 16.3 Å². The minimum atomic E-state index is -0.418. The summed E-state index contributed by atoms with van der Waals surface area (Å²) < 4.78 is 8.94. The Kier molecular flexibility index (Phi) is 8.27. The van der Waals surface area contributed by atoms with E-state index in [2.05, 4.69) is 76.6 Å². The number of pyridine rings is 1. The van der Waals surface area contributed by atoms with Gasteiger partial charge in [0, 0.05) is 10.7 Å². The monoisotopic (exact) mass is 695 g/mol. The van der Waals surface area contributed by atoms with Crippen LogP contribution in [0.4, 0.5) is 0 Å². The molecular weight excluding hydrogens is 683 g/mol. The molecule has 1 amide bonds. The highest BCUT2D eigenvalue weighted by Gasteiger charge is 2.11. The minimum absolute atomic E-state index is 0.136. The van der Waals surface area contributed by atoms with Crippen LogP contribution in [0.3, 0.4) is 0 Å². The number of carbonyl (C=O) groups is 1. The van der Waals surface area contributed by atoms with E-state index in [9.17, 15) is 4.79 Å². The second kappa shape index (κ2) is 10.7. The molecule has 1 heterocycles. The molecule has 0 aliphatic heterocycles. The first-order valence-electron chi connectivity index (χ1n) is 8.24. The van der Waals surface area contributed by atoms with Gasteiger partial charge in [0.05, 0.1) is 18.9 Å². The number of aromatic nitrogens is 1. The number of nitrogens with zero attached hydrogens (tertiary/aromatic N) is 2. The van der Waals surface area contributed by atoms with Gasteiger partial charge in [0.1, 0.15) is 17.5 Å². The smallest absolute Gasteiger partial charge is 0.274 e. The normalized spacial score (nSPS) is 10.9. The summed E-state index contributed by atoms with van der Waals surface area (Å²) in [5.41, 5.74) is 4.66. The molecule has 5 nitrogen and oxygen atoms in total. The maximum atomic E-state index is 12.1. The van der Waals surface area contributed by atoms with E-state index >= 15 is 0 Å². The van der Waals surface area contributed by atoms with Gasteiger partial charge in [-0.15, -0.1) is 0 Å². The number of nitrogens with one attached hydrogen (secondary N) is 1. The summed E-state index contributed by atoms with van der Waals surface area (Å²) in [6.07, 6.45) is 3.09. The van der Waals surface area contributed by atoms with Crippen LogP contribution < -0.4 is 10.2 Å². The highest BCUT2D eigenvalue weighted by molar-refractivity contribution is 14.1. The molecule has 3 rings (SSSR count). The van der Waals surface area contributed by atoms with Crippen molar-refractivity contribution in [3.63, 3.8) is 0 Å². The summed E-state index contributed by atoms with van der Waals surface area (Å²) >= 11 is 13.8. The van der Waals surface area contributed by atoms with Crippen LogP contribution in [0.25, 0.3) is 0 Å². The fourth-order valence-electron chi connectivity index (χ4n) is 2.31. The summed E-state index contributed by atoms with van der Waals surface area (Å²) in [4.78, 5) is 16.0. The van der Waals surface area contributed by atoms with Crippen molar-refractivity contribution in [1.82, 2.24) is 10.4 Å². The van der Waals surface area contributed by atoms with Gasteiger partial charge in [0.2, 0.25) is 0 Å². The van der Waals surface area contributed by atoms with Gasteiger partial charge in [-0.2, -0.15) is 5.10 Å². The van der Waals surface area contributed by atoms with Crippen LogP contribution in [0.1, 0.15) is 21.5 Å². The van der Waals surface area contributed by atoms with Gasteiger partial charge >= 0.3 is 0 Å².